The van der Waals surface area contributed by atoms with Gasteiger partial charge in [0.1, 0.15) is 0 Å². The molecule has 0 saturated heterocycles. The normalized spacial score (nSPS) is 28.5. The minimum atomic E-state index is -0.712. The predicted octanol–water partition coefficient (Wildman–Crippen LogP) is 1.76. The van der Waals surface area contributed by atoms with Crippen LogP contribution in [0.5, 0.6) is 0 Å². The minimum Gasteiger partial charge on any atom is -0.425 e. The number of hydrogen-bond donors (Lipinski definition) is 2. The van der Waals surface area contributed by atoms with E-state index in [-0.39, 0.29) is 31.1 Å². The van der Waals surface area contributed by atoms with Gasteiger partial charge in [0.2, 0.25) is 0 Å². The molecule has 0 spiro atoms. The molecule has 0 aromatic rings. The van der Waals surface area contributed by atoms with Crippen LogP contribution in [0.15, 0.2) is 35.5 Å². The zero-order valence-corrected chi connectivity index (χ0v) is 13.4. The first-order valence-electron chi connectivity index (χ1n) is 4.75. The Hall–Kier alpha value is 0.192. The van der Waals surface area contributed by atoms with Crippen molar-refractivity contribution in [2.24, 2.45) is 0 Å². The summed E-state index contributed by atoms with van der Waals surface area (Å²) in [5, 5.41) is 18.9. The summed E-state index contributed by atoms with van der Waals surface area (Å²) in [6.45, 7) is 7.80. The van der Waals surface area contributed by atoms with E-state index in [1.54, 1.807) is 0 Å². The van der Waals surface area contributed by atoms with Crippen molar-refractivity contribution in [3.8, 4) is 0 Å². The van der Waals surface area contributed by atoms with Gasteiger partial charge in [0.25, 0.3) is 0 Å². The van der Waals surface area contributed by atoms with E-state index < -0.39 is 12.2 Å². The van der Waals surface area contributed by atoms with E-state index in [9.17, 15) is 10.2 Å². The first kappa shape index (κ1) is 15.2. The molecule has 1 aliphatic carbocycles. The number of hydrogen-bond acceptors (Lipinski definition) is 2. The van der Waals surface area contributed by atoms with Crippen molar-refractivity contribution in [3.63, 3.8) is 0 Å². The molecule has 0 aliphatic heterocycles. The van der Waals surface area contributed by atoms with Crippen molar-refractivity contribution in [2.75, 3.05) is 0 Å². The fraction of sp³-hybridized carbons (Fsp3) is 0.417. The Morgan fingerprint density at radius 2 is 2.07 bits per heavy atom. The van der Waals surface area contributed by atoms with Gasteiger partial charge in [-0.3, -0.25) is 6.42 Å². The van der Waals surface area contributed by atoms with E-state index >= 15 is 0 Å². The smallest absolute Gasteiger partial charge is 0 e. The molecular formula is C12H17O2U-. The molecule has 0 unspecified atom stereocenters. The molecule has 0 radical (unpaired) electrons. The molecule has 0 aromatic carbocycles. The molecule has 1 fully saturated rings. The Balaban J connectivity index is 0.00000196. The first-order valence-corrected chi connectivity index (χ1v) is 4.75. The second-order valence-electron chi connectivity index (χ2n) is 3.87. The topological polar surface area (TPSA) is 40.5 Å². The van der Waals surface area contributed by atoms with Gasteiger partial charge in [0, 0.05) is 31.1 Å². The average Bonchev–Trinajstić information content (AvgIpc) is 2.08. The van der Waals surface area contributed by atoms with Crippen LogP contribution in [0.4, 0.5) is 0 Å². The van der Waals surface area contributed by atoms with E-state index in [1.165, 1.54) is 12.0 Å². The maximum atomic E-state index is 9.51. The van der Waals surface area contributed by atoms with Crippen LogP contribution in [-0.2, 0) is 0 Å². The zero-order chi connectivity index (χ0) is 10.7. The van der Waals surface area contributed by atoms with E-state index in [0.717, 1.165) is 5.57 Å². The Morgan fingerprint density at radius 3 is 2.60 bits per heavy atom. The molecule has 3 heteroatoms. The molecule has 0 bridgehead atoms. The van der Waals surface area contributed by atoms with Gasteiger partial charge in [-0.1, -0.05) is 36.0 Å². The summed E-state index contributed by atoms with van der Waals surface area (Å²) in [6.07, 6.45) is 4.65. The SMILES string of the molecule is C=C1/C(=C/C=C(C)C)C[C@@H](O)[CH-][C@@H]1O.[U]. The largest absolute Gasteiger partial charge is 0.425 e. The maximum Gasteiger partial charge on any atom is 0 e. The third kappa shape index (κ3) is 4.70. The third-order valence-electron chi connectivity index (χ3n) is 2.22. The Labute approximate surface area is 115 Å². The summed E-state index contributed by atoms with van der Waals surface area (Å²) >= 11 is 0. The van der Waals surface area contributed by atoms with Crippen LogP contribution in [-0.4, -0.2) is 22.4 Å². The van der Waals surface area contributed by atoms with Gasteiger partial charge in [0.15, 0.2) is 0 Å². The van der Waals surface area contributed by atoms with E-state index in [1.807, 2.05) is 26.0 Å². The van der Waals surface area contributed by atoms with Crippen LogP contribution in [0.25, 0.3) is 0 Å². The summed E-state index contributed by atoms with van der Waals surface area (Å²) in [5.74, 6) is 0. The van der Waals surface area contributed by atoms with Crippen LogP contribution in [0.2, 0.25) is 0 Å². The summed E-state index contributed by atoms with van der Waals surface area (Å²) in [6, 6.07) is 0. The molecule has 2 atom stereocenters. The Morgan fingerprint density at radius 1 is 1.47 bits per heavy atom. The van der Waals surface area contributed by atoms with Gasteiger partial charge in [0.05, 0.1) is 0 Å². The monoisotopic (exact) mass is 431 g/mol. The molecule has 1 rings (SSSR count). The van der Waals surface area contributed by atoms with E-state index in [2.05, 4.69) is 6.58 Å². The molecule has 82 valence electrons. The number of aliphatic hydroxyl groups is 2. The molecule has 2 N–H and O–H groups in total. The molecule has 1 saturated carbocycles. The van der Waals surface area contributed by atoms with E-state index in [4.69, 9.17) is 0 Å². The van der Waals surface area contributed by atoms with Crippen LogP contribution in [0.1, 0.15) is 20.3 Å². The van der Waals surface area contributed by atoms with Gasteiger partial charge in [-0.15, -0.1) is 0 Å². The maximum absolute atomic E-state index is 9.51. The standard InChI is InChI=1S/C12H17O2.U/c1-8(2)4-5-10-6-11(13)7-12(14)9(10)3;/h4-5,7,11-14H,3,6H2,1-2H3;/q-1;/b10-5+;/t11-,12+;/m1./s1. The minimum absolute atomic E-state index is 0. The molecule has 1 aliphatic rings. The number of rotatable bonds is 1. The molecule has 0 amide bonds. The number of aliphatic hydroxyl groups excluding tert-OH is 2. The van der Waals surface area contributed by atoms with Crippen LogP contribution in [0.3, 0.4) is 0 Å². The fourth-order valence-electron chi connectivity index (χ4n) is 1.38. The Bertz CT molecular complexity index is 288. The summed E-state index contributed by atoms with van der Waals surface area (Å²) < 4.78 is 0. The van der Waals surface area contributed by atoms with Crippen LogP contribution < -0.4 is 0 Å². The molecule has 0 aromatic heterocycles. The van der Waals surface area contributed by atoms with Crippen molar-refractivity contribution < 1.29 is 41.3 Å². The third-order valence-corrected chi connectivity index (χ3v) is 2.22. The van der Waals surface area contributed by atoms with Gasteiger partial charge in [-0.05, 0) is 31.9 Å². The second-order valence-corrected chi connectivity index (χ2v) is 3.87. The first-order chi connectivity index (χ1) is 6.50. The van der Waals surface area contributed by atoms with Gasteiger partial charge < -0.3 is 10.2 Å². The summed E-state index contributed by atoms with van der Waals surface area (Å²) in [5.41, 5.74) is 2.80. The number of allylic oxidation sites excluding steroid dienone is 3. The Kier molecular flexibility index (Phi) is 6.79. The van der Waals surface area contributed by atoms with Gasteiger partial charge in [-0.25, -0.2) is 0 Å². The average molecular weight is 431 g/mol. The molecular weight excluding hydrogens is 414 g/mol. The van der Waals surface area contributed by atoms with Gasteiger partial charge in [-0.2, -0.15) is 0 Å². The molecule has 15 heavy (non-hydrogen) atoms. The van der Waals surface area contributed by atoms with Gasteiger partial charge >= 0.3 is 0 Å². The second kappa shape index (κ2) is 6.71. The molecule has 2 nitrogen and oxygen atoms in total. The van der Waals surface area contributed by atoms with Crippen molar-refractivity contribution >= 4 is 0 Å². The van der Waals surface area contributed by atoms with Crippen LogP contribution in [0, 0.1) is 37.5 Å². The van der Waals surface area contributed by atoms with Crippen molar-refractivity contribution in [2.45, 2.75) is 32.5 Å². The van der Waals surface area contributed by atoms with Crippen LogP contribution >= 0.6 is 0 Å². The summed E-state index contributed by atoms with van der Waals surface area (Å²) in [4.78, 5) is 0. The fourth-order valence-corrected chi connectivity index (χ4v) is 1.38. The van der Waals surface area contributed by atoms with Crippen molar-refractivity contribution in [3.05, 3.63) is 41.9 Å². The summed E-state index contributed by atoms with van der Waals surface area (Å²) in [7, 11) is 0. The van der Waals surface area contributed by atoms with Crippen molar-refractivity contribution in [1.29, 1.82) is 0 Å². The quantitative estimate of drug-likeness (QED) is 0.622. The predicted molar refractivity (Wildman–Crippen MR) is 57.6 cm³/mol. The van der Waals surface area contributed by atoms with Crippen molar-refractivity contribution in [1.82, 2.24) is 0 Å². The zero-order valence-electron chi connectivity index (χ0n) is 9.20. The molecule has 0 heterocycles. The van der Waals surface area contributed by atoms with E-state index in [0.29, 0.717) is 12.0 Å².